The number of aromatic nitrogens is 2. The SMILES string of the molecule is Cc1ccccc1CN(C)C(=O)c1cc(C2CC2)nn1C(C)(C)C. The van der Waals surface area contributed by atoms with Crippen LogP contribution in [0.15, 0.2) is 30.3 Å². The van der Waals surface area contributed by atoms with Gasteiger partial charge in [-0.25, -0.2) is 0 Å². The fraction of sp³-hybridized carbons (Fsp3) is 0.500. The molecule has 2 aromatic rings. The molecule has 1 saturated carbocycles. The zero-order chi connectivity index (χ0) is 17.5. The predicted octanol–water partition coefficient (Wildman–Crippen LogP) is 4.10. The maximum atomic E-state index is 13.0. The maximum Gasteiger partial charge on any atom is 0.272 e. The van der Waals surface area contributed by atoms with Crippen molar-refractivity contribution >= 4 is 5.91 Å². The number of rotatable bonds is 4. The largest absolute Gasteiger partial charge is 0.336 e. The Hall–Kier alpha value is -2.10. The van der Waals surface area contributed by atoms with Gasteiger partial charge in [0.15, 0.2) is 0 Å². The first kappa shape index (κ1) is 16.7. The topological polar surface area (TPSA) is 38.1 Å². The predicted molar refractivity (Wildman–Crippen MR) is 96.2 cm³/mol. The van der Waals surface area contributed by atoms with E-state index in [-0.39, 0.29) is 11.4 Å². The second-order valence-electron chi connectivity index (χ2n) is 7.90. The molecule has 0 N–H and O–H groups in total. The van der Waals surface area contributed by atoms with Gasteiger partial charge in [0.05, 0.1) is 11.2 Å². The van der Waals surface area contributed by atoms with Crippen molar-refractivity contribution in [2.75, 3.05) is 7.05 Å². The Bertz CT molecular complexity index is 750. The Morgan fingerprint density at radius 3 is 2.54 bits per heavy atom. The van der Waals surface area contributed by atoms with Crippen LogP contribution in [0.5, 0.6) is 0 Å². The molecular formula is C20H27N3O. The zero-order valence-electron chi connectivity index (χ0n) is 15.3. The summed E-state index contributed by atoms with van der Waals surface area (Å²) in [6.45, 7) is 8.97. The smallest absolute Gasteiger partial charge is 0.272 e. The van der Waals surface area contributed by atoms with Crippen LogP contribution in [-0.2, 0) is 12.1 Å². The van der Waals surface area contributed by atoms with Crippen molar-refractivity contribution in [1.82, 2.24) is 14.7 Å². The second-order valence-corrected chi connectivity index (χ2v) is 7.90. The van der Waals surface area contributed by atoms with Crippen molar-refractivity contribution in [2.45, 2.75) is 58.5 Å². The van der Waals surface area contributed by atoms with Crippen LogP contribution in [0.4, 0.5) is 0 Å². The lowest BCUT2D eigenvalue weighted by Gasteiger charge is -2.24. The van der Waals surface area contributed by atoms with Gasteiger partial charge in [-0.3, -0.25) is 9.48 Å². The highest BCUT2D eigenvalue weighted by Gasteiger charge is 2.32. The highest BCUT2D eigenvalue weighted by molar-refractivity contribution is 5.92. The summed E-state index contributed by atoms with van der Waals surface area (Å²) in [5.41, 5.74) is 3.94. The minimum Gasteiger partial charge on any atom is -0.336 e. The van der Waals surface area contributed by atoms with Crippen LogP contribution in [0.25, 0.3) is 0 Å². The highest BCUT2D eigenvalue weighted by atomic mass is 16.2. The van der Waals surface area contributed by atoms with Gasteiger partial charge in [-0.1, -0.05) is 24.3 Å². The molecule has 3 rings (SSSR count). The molecule has 0 saturated heterocycles. The molecule has 0 unspecified atom stereocenters. The molecule has 1 aliphatic rings. The summed E-state index contributed by atoms with van der Waals surface area (Å²) in [4.78, 5) is 14.8. The van der Waals surface area contributed by atoms with Crippen LogP contribution in [0, 0.1) is 6.92 Å². The summed E-state index contributed by atoms with van der Waals surface area (Å²) in [6.07, 6.45) is 2.38. The van der Waals surface area contributed by atoms with Crippen molar-refractivity contribution in [3.05, 3.63) is 52.8 Å². The minimum absolute atomic E-state index is 0.0348. The molecule has 1 amide bonds. The summed E-state index contributed by atoms with van der Waals surface area (Å²) in [6, 6.07) is 10.2. The Morgan fingerprint density at radius 2 is 1.96 bits per heavy atom. The summed E-state index contributed by atoms with van der Waals surface area (Å²) in [5, 5.41) is 4.74. The number of hydrogen-bond donors (Lipinski definition) is 0. The van der Waals surface area contributed by atoms with Crippen LogP contribution in [0.3, 0.4) is 0 Å². The zero-order valence-corrected chi connectivity index (χ0v) is 15.3. The molecule has 24 heavy (non-hydrogen) atoms. The van der Waals surface area contributed by atoms with Crippen LogP contribution in [-0.4, -0.2) is 27.6 Å². The van der Waals surface area contributed by atoms with E-state index < -0.39 is 0 Å². The third-order valence-corrected chi connectivity index (χ3v) is 4.59. The molecule has 1 aromatic carbocycles. The molecule has 0 aliphatic heterocycles. The molecule has 4 heteroatoms. The van der Waals surface area contributed by atoms with E-state index in [2.05, 4.69) is 39.8 Å². The van der Waals surface area contributed by atoms with Crippen LogP contribution >= 0.6 is 0 Å². The summed E-state index contributed by atoms with van der Waals surface area (Å²) < 4.78 is 1.90. The average molecular weight is 325 g/mol. The quantitative estimate of drug-likeness (QED) is 0.849. The molecule has 0 spiro atoms. The minimum atomic E-state index is -0.207. The van der Waals surface area contributed by atoms with Gasteiger partial charge in [0, 0.05) is 19.5 Å². The van der Waals surface area contributed by atoms with Gasteiger partial charge in [-0.2, -0.15) is 5.10 Å². The number of amides is 1. The van der Waals surface area contributed by atoms with E-state index in [1.807, 2.05) is 29.9 Å². The van der Waals surface area contributed by atoms with Gasteiger partial charge in [-0.05, 0) is 57.7 Å². The second kappa shape index (κ2) is 6.08. The fourth-order valence-electron chi connectivity index (χ4n) is 2.95. The van der Waals surface area contributed by atoms with Gasteiger partial charge in [0.1, 0.15) is 5.69 Å². The number of aryl methyl sites for hydroxylation is 1. The van der Waals surface area contributed by atoms with Crippen molar-refractivity contribution in [2.24, 2.45) is 0 Å². The third-order valence-electron chi connectivity index (χ3n) is 4.59. The molecule has 0 atom stereocenters. The van der Waals surface area contributed by atoms with E-state index in [0.717, 1.165) is 5.69 Å². The summed E-state index contributed by atoms with van der Waals surface area (Å²) in [7, 11) is 1.87. The first-order valence-corrected chi connectivity index (χ1v) is 8.68. The van der Waals surface area contributed by atoms with Crippen LogP contribution in [0.2, 0.25) is 0 Å². The maximum absolute atomic E-state index is 13.0. The Labute approximate surface area is 144 Å². The molecule has 1 aliphatic carbocycles. The van der Waals surface area contributed by atoms with Crippen LogP contribution < -0.4 is 0 Å². The van der Waals surface area contributed by atoms with Gasteiger partial charge < -0.3 is 4.90 Å². The van der Waals surface area contributed by atoms with Crippen molar-refractivity contribution in [3.63, 3.8) is 0 Å². The molecular weight excluding hydrogens is 298 g/mol. The molecule has 4 nitrogen and oxygen atoms in total. The van der Waals surface area contributed by atoms with Gasteiger partial charge in [-0.15, -0.1) is 0 Å². The van der Waals surface area contributed by atoms with Crippen LogP contribution in [0.1, 0.15) is 66.8 Å². The normalized spacial score (nSPS) is 14.7. The Morgan fingerprint density at radius 1 is 1.29 bits per heavy atom. The average Bonchev–Trinajstić information content (AvgIpc) is 3.26. The van der Waals surface area contributed by atoms with E-state index in [1.165, 1.54) is 24.0 Å². The number of benzene rings is 1. The lowest BCUT2D eigenvalue weighted by Crippen LogP contribution is -2.33. The first-order valence-electron chi connectivity index (χ1n) is 8.68. The molecule has 1 fully saturated rings. The van der Waals surface area contributed by atoms with E-state index in [4.69, 9.17) is 5.10 Å². The van der Waals surface area contributed by atoms with Gasteiger partial charge >= 0.3 is 0 Å². The number of carbonyl (C=O) groups is 1. The van der Waals surface area contributed by atoms with E-state index in [9.17, 15) is 4.79 Å². The van der Waals surface area contributed by atoms with E-state index in [1.54, 1.807) is 4.90 Å². The van der Waals surface area contributed by atoms with E-state index in [0.29, 0.717) is 18.2 Å². The highest BCUT2D eigenvalue weighted by Crippen LogP contribution is 2.40. The third kappa shape index (κ3) is 3.37. The first-order chi connectivity index (χ1) is 11.3. The summed E-state index contributed by atoms with van der Waals surface area (Å²) in [5.74, 6) is 0.578. The molecule has 0 radical (unpaired) electrons. The Kier molecular flexibility index (Phi) is 4.24. The number of nitrogens with zero attached hydrogens (tertiary/aromatic N) is 3. The molecule has 128 valence electrons. The van der Waals surface area contributed by atoms with Gasteiger partial charge in [0.25, 0.3) is 5.91 Å². The lowest BCUT2D eigenvalue weighted by molar-refractivity contribution is 0.0764. The standard InChI is InChI=1S/C20H27N3O/c1-14-8-6-7-9-16(14)13-22(5)19(24)18-12-17(15-10-11-15)21-23(18)20(2,3)4/h6-9,12,15H,10-11,13H2,1-5H3. The number of carbonyl (C=O) groups excluding carboxylic acids is 1. The van der Waals surface area contributed by atoms with E-state index >= 15 is 0 Å². The summed E-state index contributed by atoms with van der Waals surface area (Å²) >= 11 is 0. The fourth-order valence-corrected chi connectivity index (χ4v) is 2.95. The van der Waals surface area contributed by atoms with Crippen molar-refractivity contribution in [3.8, 4) is 0 Å². The lowest BCUT2D eigenvalue weighted by atomic mass is 10.1. The van der Waals surface area contributed by atoms with Gasteiger partial charge in [0.2, 0.25) is 0 Å². The van der Waals surface area contributed by atoms with Crippen molar-refractivity contribution in [1.29, 1.82) is 0 Å². The molecule has 1 heterocycles. The van der Waals surface area contributed by atoms with Crippen molar-refractivity contribution < 1.29 is 4.79 Å². The molecule has 1 aromatic heterocycles. The monoisotopic (exact) mass is 325 g/mol. The number of hydrogen-bond acceptors (Lipinski definition) is 2. The molecule has 0 bridgehead atoms. The Balaban J connectivity index is 1.87.